The molecule has 2 bridgehead atoms. The van der Waals surface area contributed by atoms with Gasteiger partial charge in [-0.1, -0.05) is 23.5 Å². The average Bonchev–Trinajstić information content (AvgIpc) is 3.62. The SMILES string of the molecule is CCOC(=O)C1CCN(C(=O)C2C3C=CC4(CN(c5nc6cc(OC)ccc6s5)C(=O)C24)O3)CC1. The van der Waals surface area contributed by atoms with Gasteiger partial charge in [0, 0.05) is 19.2 Å². The Balaban J connectivity index is 1.22. The minimum absolute atomic E-state index is 0.0715. The number of thiazole rings is 1. The van der Waals surface area contributed by atoms with Crippen LogP contribution in [0.5, 0.6) is 5.75 Å². The van der Waals surface area contributed by atoms with E-state index < -0.39 is 23.5 Å². The minimum atomic E-state index is -0.805. The molecule has 1 aromatic heterocycles. The Morgan fingerprint density at radius 1 is 1.29 bits per heavy atom. The largest absolute Gasteiger partial charge is 0.497 e. The summed E-state index contributed by atoms with van der Waals surface area (Å²) in [5.74, 6) is -0.997. The van der Waals surface area contributed by atoms with E-state index in [4.69, 9.17) is 14.2 Å². The number of rotatable bonds is 5. The van der Waals surface area contributed by atoms with Gasteiger partial charge in [-0.25, -0.2) is 4.98 Å². The third-order valence-corrected chi connectivity index (χ3v) is 8.69. The van der Waals surface area contributed by atoms with Crippen molar-refractivity contribution in [1.29, 1.82) is 0 Å². The lowest BCUT2D eigenvalue weighted by molar-refractivity contribution is -0.152. The Bertz CT molecular complexity index is 1240. The second kappa shape index (κ2) is 8.30. The molecule has 3 fully saturated rings. The highest BCUT2D eigenvalue weighted by Gasteiger charge is 2.67. The summed E-state index contributed by atoms with van der Waals surface area (Å²) in [4.78, 5) is 47.6. The zero-order valence-corrected chi connectivity index (χ0v) is 20.5. The first-order valence-corrected chi connectivity index (χ1v) is 12.8. The summed E-state index contributed by atoms with van der Waals surface area (Å²) in [5, 5.41) is 0.601. The number of carbonyl (C=O) groups excluding carboxylic acids is 3. The molecule has 0 saturated carbocycles. The van der Waals surface area contributed by atoms with Crippen LogP contribution in [-0.4, -0.2) is 72.7 Å². The van der Waals surface area contributed by atoms with Gasteiger partial charge in [0.15, 0.2) is 5.13 Å². The van der Waals surface area contributed by atoms with Crippen LogP contribution in [0.3, 0.4) is 0 Å². The zero-order valence-electron chi connectivity index (χ0n) is 19.6. The molecule has 5 heterocycles. The highest BCUT2D eigenvalue weighted by atomic mass is 32.1. The van der Waals surface area contributed by atoms with Crippen LogP contribution in [-0.2, 0) is 23.9 Å². The highest BCUT2D eigenvalue weighted by molar-refractivity contribution is 7.22. The molecule has 3 saturated heterocycles. The fraction of sp³-hybridized carbons (Fsp3) is 0.520. The molecule has 1 spiro atoms. The average molecular weight is 498 g/mol. The molecule has 0 N–H and O–H groups in total. The van der Waals surface area contributed by atoms with E-state index in [-0.39, 0.29) is 23.7 Å². The summed E-state index contributed by atoms with van der Waals surface area (Å²) >= 11 is 1.44. The Morgan fingerprint density at radius 2 is 2.09 bits per heavy atom. The summed E-state index contributed by atoms with van der Waals surface area (Å²) < 4.78 is 17.7. The molecule has 4 aliphatic heterocycles. The fourth-order valence-electron chi connectivity index (χ4n) is 5.89. The Kier molecular flexibility index (Phi) is 5.33. The molecule has 0 radical (unpaired) electrons. The molecule has 6 rings (SSSR count). The van der Waals surface area contributed by atoms with Crippen LogP contribution in [0.2, 0.25) is 0 Å². The number of carbonyl (C=O) groups is 3. The third-order valence-electron chi connectivity index (χ3n) is 7.63. The van der Waals surface area contributed by atoms with Gasteiger partial charge in [-0.05, 0) is 31.9 Å². The second-order valence-electron chi connectivity index (χ2n) is 9.51. The number of ether oxygens (including phenoxy) is 3. The molecule has 0 aliphatic carbocycles. The summed E-state index contributed by atoms with van der Waals surface area (Å²) in [5.41, 5.74) is -0.0366. The maximum absolute atomic E-state index is 13.7. The van der Waals surface area contributed by atoms with Gasteiger partial charge in [0.2, 0.25) is 11.8 Å². The number of methoxy groups -OCH3 is 1. The van der Waals surface area contributed by atoms with Gasteiger partial charge < -0.3 is 19.1 Å². The van der Waals surface area contributed by atoms with Crippen molar-refractivity contribution >= 4 is 44.5 Å². The number of aromatic nitrogens is 1. The molecular formula is C25H27N3O6S. The quantitative estimate of drug-likeness (QED) is 0.462. The molecule has 35 heavy (non-hydrogen) atoms. The minimum Gasteiger partial charge on any atom is -0.497 e. The number of nitrogens with zero attached hydrogens (tertiary/aromatic N) is 3. The van der Waals surface area contributed by atoms with Crippen molar-refractivity contribution < 1.29 is 28.6 Å². The number of likely N-dealkylation sites (tertiary alicyclic amines) is 1. The van der Waals surface area contributed by atoms with E-state index in [2.05, 4.69) is 4.98 Å². The molecule has 1 aromatic carbocycles. The topological polar surface area (TPSA) is 98.3 Å². The van der Waals surface area contributed by atoms with Crippen LogP contribution >= 0.6 is 11.3 Å². The standard InChI is InChI=1S/C25H27N3O6S/c1-3-33-23(31)14-7-10-27(11-8-14)21(29)19-17-6-9-25(34-17)13-28(22(30)20(19)25)24-26-16-12-15(32-2)4-5-18(16)35-24/h4-6,9,12,14,17,19-20H,3,7-8,10-11,13H2,1-2H3. The van der Waals surface area contributed by atoms with Crippen LogP contribution < -0.4 is 9.64 Å². The molecule has 4 aliphatic rings. The fourth-order valence-corrected chi connectivity index (χ4v) is 6.84. The number of anilines is 1. The van der Waals surface area contributed by atoms with E-state index in [0.717, 1.165) is 10.2 Å². The van der Waals surface area contributed by atoms with E-state index in [1.807, 2.05) is 30.4 Å². The highest BCUT2D eigenvalue weighted by Crippen LogP contribution is 2.53. The van der Waals surface area contributed by atoms with Crippen molar-refractivity contribution in [3.05, 3.63) is 30.4 Å². The smallest absolute Gasteiger partial charge is 0.309 e. The van der Waals surface area contributed by atoms with E-state index >= 15 is 0 Å². The molecule has 10 heteroatoms. The number of esters is 1. The zero-order chi connectivity index (χ0) is 24.3. The summed E-state index contributed by atoms with van der Waals surface area (Å²) in [6.07, 6.45) is 4.62. The van der Waals surface area contributed by atoms with Gasteiger partial charge in [0.05, 0.1) is 54.3 Å². The molecule has 184 valence electrons. The monoisotopic (exact) mass is 497 g/mol. The lowest BCUT2D eigenvalue weighted by Gasteiger charge is -2.34. The number of fused-ring (bicyclic) bond motifs is 2. The van der Waals surface area contributed by atoms with Crippen molar-refractivity contribution in [2.45, 2.75) is 31.5 Å². The second-order valence-corrected chi connectivity index (χ2v) is 10.5. The van der Waals surface area contributed by atoms with Gasteiger partial charge in [-0.2, -0.15) is 0 Å². The number of piperidine rings is 1. The first-order chi connectivity index (χ1) is 16.9. The molecule has 4 unspecified atom stereocenters. The summed E-state index contributed by atoms with van der Waals surface area (Å²) in [6, 6.07) is 5.66. The molecule has 2 amide bonds. The van der Waals surface area contributed by atoms with Crippen molar-refractivity contribution in [3.8, 4) is 5.75 Å². The van der Waals surface area contributed by atoms with E-state index in [1.54, 1.807) is 23.8 Å². The maximum atomic E-state index is 13.7. The van der Waals surface area contributed by atoms with Crippen LogP contribution in [0.4, 0.5) is 5.13 Å². The van der Waals surface area contributed by atoms with Crippen molar-refractivity contribution in [1.82, 2.24) is 9.88 Å². The maximum Gasteiger partial charge on any atom is 0.309 e. The van der Waals surface area contributed by atoms with Gasteiger partial charge in [-0.3, -0.25) is 19.3 Å². The van der Waals surface area contributed by atoms with Crippen molar-refractivity contribution in [2.75, 3.05) is 38.3 Å². The van der Waals surface area contributed by atoms with Crippen LogP contribution in [0.15, 0.2) is 30.4 Å². The molecule has 4 atom stereocenters. The van der Waals surface area contributed by atoms with Gasteiger partial charge in [0.25, 0.3) is 0 Å². The van der Waals surface area contributed by atoms with Crippen LogP contribution in [0.25, 0.3) is 10.2 Å². The molecule has 9 nitrogen and oxygen atoms in total. The number of amides is 2. The lowest BCUT2D eigenvalue weighted by atomic mass is 9.76. The first-order valence-electron chi connectivity index (χ1n) is 12.0. The Labute approximate surface area is 206 Å². The van der Waals surface area contributed by atoms with Crippen molar-refractivity contribution in [2.24, 2.45) is 17.8 Å². The lowest BCUT2D eigenvalue weighted by Crippen LogP contribution is -2.49. The Morgan fingerprint density at radius 3 is 2.83 bits per heavy atom. The van der Waals surface area contributed by atoms with Crippen LogP contribution in [0.1, 0.15) is 19.8 Å². The van der Waals surface area contributed by atoms with Crippen LogP contribution in [0, 0.1) is 17.8 Å². The first kappa shape index (κ1) is 22.5. The predicted molar refractivity (Wildman–Crippen MR) is 128 cm³/mol. The van der Waals surface area contributed by atoms with E-state index in [1.165, 1.54) is 11.3 Å². The van der Waals surface area contributed by atoms with Gasteiger partial charge in [-0.15, -0.1) is 0 Å². The van der Waals surface area contributed by atoms with Gasteiger partial charge in [0.1, 0.15) is 11.4 Å². The van der Waals surface area contributed by atoms with Gasteiger partial charge >= 0.3 is 5.97 Å². The molecular weight excluding hydrogens is 470 g/mol. The normalized spacial score (nSPS) is 29.8. The number of hydrogen-bond donors (Lipinski definition) is 0. The summed E-state index contributed by atoms with van der Waals surface area (Å²) in [6.45, 7) is 3.45. The Hall–Kier alpha value is -2.98. The third kappa shape index (κ3) is 3.45. The van der Waals surface area contributed by atoms with E-state index in [9.17, 15) is 14.4 Å². The number of hydrogen-bond acceptors (Lipinski definition) is 8. The summed E-state index contributed by atoms with van der Waals surface area (Å²) in [7, 11) is 1.61. The predicted octanol–water partition coefficient (Wildman–Crippen LogP) is 2.39. The number of benzene rings is 1. The van der Waals surface area contributed by atoms with Crippen molar-refractivity contribution in [3.63, 3.8) is 0 Å². The van der Waals surface area contributed by atoms with E-state index in [0.29, 0.717) is 50.0 Å². The molecule has 2 aromatic rings.